The van der Waals surface area contributed by atoms with Gasteiger partial charge in [0.25, 0.3) is 0 Å². The van der Waals surface area contributed by atoms with Crippen molar-refractivity contribution in [3.8, 4) is 11.3 Å². The summed E-state index contributed by atoms with van der Waals surface area (Å²) in [6.45, 7) is 2.82. The van der Waals surface area contributed by atoms with Gasteiger partial charge in [0, 0.05) is 17.1 Å². The Morgan fingerprint density at radius 2 is 2.00 bits per heavy atom. The molecule has 0 bridgehead atoms. The van der Waals surface area contributed by atoms with Gasteiger partial charge in [0.2, 0.25) is 0 Å². The Labute approximate surface area is 134 Å². The van der Waals surface area contributed by atoms with Crippen LogP contribution < -0.4 is 5.32 Å². The Kier molecular flexibility index (Phi) is 6.86. The van der Waals surface area contributed by atoms with Crippen LogP contribution in [0, 0.1) is 0 Å². The van der Waals surface area contributed by atoms with Crippen LogP contribution in [0.25, 0.3) is 11.3 Å². The Hall–Kier alpha value is -0.710. The van der Waals surface area contributed by atoms with E-state index < -0.39 is 0 Å². The molecule has 2 aromatic rings. The van der Waals surface area contributed by atoms with Gasteiger partial charge in [-0.1, -0.05) is 23.2 Å². The fraction of sp³-hybridized carbons (Fsp3) is 0.286. The summed E-state index contributed by atoms with van der Waals surface area (Å²) in [6, 6.07) is 9.04. The molecular weight excluding hydrogens is 321 g/mol. The van der Waals surface area contributed by atoms with E-state index in [-0.39, 0.29) is 18.5 Å². The normalized spacial score (nSPS) is 12.0. The first-order valence-electron chi connectivity index (χ1n) is 5.99. The summed E-state index contributed by atoms with van der Waals surface area (Å²) in [5.41, 5.74) is 0.813. The first-order valence-corrected chi connectivity index (χ1v) is 6.75. The lowest BCUT2D eigenvalue weighted by atomic mass is 10.2. The van der Waals surface area contributed by atoms with E-state index in [0.29, 0.717) is 28.9 Å². The Morgan fingerprint density at radius 1 is 1.25 bits per heavy atom. The highest BCUT2D eigenvalue weighted by Crippen LogP contribution is 2.31. The third-order valence-corrected chi connectivity index (χ3v) is 3.15. The van der Waals surface area contributed by atoms with Crippen molar-refractivity contribution in [2.75, 3.05) is 6.54 Å². The highest BCUT2D eigenvalue weighted by molar-refractivity contribution is 6.36. The van der Waals surface area contributed by atoms with Crippen molar-refractivity contribution in [2.24, 2.45) is 0 Å². The zero-order chi connectivity index (χ0) is 13.8. The molecule has 1 unspecified atom stereocenters. The van der Waals surface area contributed by atoms with E-state index in [1.807, 2.05) is 18.2 Å². The van der Waals surface area contributed by atoms with Gasteiger partial charge in [-0.3, -0.25) is 0 Å². The second kappa shape index (κ2) is 7.91. The van der Waals surface area contributed by atoms with Crippen molar-refractivity contribution in [3.05, 3.63) is 46.1 Å². The van der Waals surface area contributed by atoms with Gasteiger partial charge in [0.1, 0.15) is 11.5 Å². The second-order valence-electron chi connectivity index (χ2n) is 4.37. The zero-order valence-electron chi connectivity index (χ0n) is 10.9. The van der Waals surface area contributed by atoms with Gasteiger partial charge in [-0.25, -0.2) is 0 Å². The number of aliphatic hydroxyl groups is 1. The van der Waals surface area contributed by atoms with Gasteiger partial charge >= 0.3 is 0 Å². The van der Waals surface area contributed by atoms with E-state index in [1.54, 1.807) is 19.1 Å². The molecule has 2 rings (SSSR count). The van der Waals surface area contributed by atoms with Crippen LogP contribution in [-0.2, 0) is 6.54 Å². The minimum Gasteiger partial charge on any atom is -0.460 e. The van der Waals surface area contributed by atoms with Crippen LogP contribution in [0.4, 0.5) is 0 Å². The predicted octanol–water partition coefficient (Wildman–Crippen LogP) is 4.15. The quantitative estimate of drug-likeness (QED) is 0.862. The monoisotopic (exact) mass is 335 g/mol. The number of aliphatic hydroxyl groups excluding tert-OH is 1. The molecule has 1 atom stereocenters. The molecule has 0 aliphatic heterocycles. The average Bonchev–Trinajstić information content (AvgIpc) is 2.77. The van der Waals surface area contributed by atoms with Crippen molar-refractivity contribution in [1.82, 2.24) is 5.32 Å². The van der Waals surface area contributed by atoms with E-state index in [9.17, 15) is 0 Å². The van der Waals surface area contributed by atoms with Crippen LogP contribution in [0.15, 0.2) is 34.7 Å². The number of hydrogen-bond acceptors (Lipinski definition) is 3. The van der Waals surface area contributed by atoms with Crippen molar-refractivity contribution in [3.63, 3.8) is 0 Å². The minimum atomic E-state index is -0.375. The molecule has 0 aliphatic rings. The highest BCUT2D eigenvalue weighted by Gasteiger charge is 2.09. The first-order chi connectivity index (χ1) is 9.06. The average molecular weight is 337 g/mol. The molecule has 20 heavy (non-hydrogen) atoms. The van der Waals surface area contributed by atoms with E-state index in [1.165, 1.54) is 0 Å². The molecule has 0 fully saturated rings. The molecule has 6 heteroatoms. The molecule has 0 radical (unpaired) electrons. The van der Waals surface area contributed by atoms with Gasteiger partial charge in [-0.2, -0.15) is 0 Å². The smallest absolute Gasteiger partial charge is 0.135 e. The first kappa shape index (κ1) is 17.3. The number of rotatable bonds is 5. The largest absolute Gasteiger partial charge is 0.460 e. The van der Waals surface area contributed by atoms with Crippen LogP contribution in [0.3, 0.4) is 0 Å². The fourth-order valence-corrected chi connectivity index (χ4v) is 2.21. The van der Waals surface area contributed by atoms with E-state index in [4.69, 9.17) is 32.7 Å². The summed E-state index contributed by atoms with van der Waals surface area (Å²) in [7, 11) is 0. The molecule has 0 saturated heterocycles. The molecule has 2 N–H and O–H groups in total. The zero-order valence-corrected chi connectivity index (χ0v) is 13.2. The van der Waals surface area contributed by atoms with E-state index in [2.05, 4.69) is 5.32 Å². The fourth-order valence-electron chi connectivity index (χ4n) is 1.71. The third kappa shape index (κ3) is 4.69. The van der Waals surface area contributed by atoms with Crippen molar-refractivity contribution >= 4 is 35.6 Å². The minimum absolute atomic E-state index is 0. The highest BCUT2D eigenvalue weighted by atomic mass is 35.5. The van der Waals surface area contributed by atoms with Gasteiger partial charge in [0.15, 0.2) is 0 Å². The lowest BCUT2D eigenvalue weighted by Crippen LogP contribution is -2.23. The lowest BCUT2D eigenvalue weighted by Gasteiger charge is -2.05. The maximum absolute atomic E-state index is 9.15. The summed E-state index contributed by atoms with van der Waals surface area (Å²) in [5, 5.41) is 13.4. The maximum atomic E-state index is 9.15. The Balaban J connectivity index is 0.00000200. The summed E-state index contributed by atoms with van der Waals surface area (Å²) in [4.78, 5) is 0. The Bertz CT molecular complexity index is 555. The summed E-state index contributed by atoms with van der Waals surface area (Å²) < 4.78 is 5.70. The van der Waals surface area contributed by atoms with Crippen LogP contribution in [0.2, 0.25) is 10.0 Å². The molecule has 0 saturated carbocycles. The van der Waals surface area contributed by atoms with Crippen LogP contribution >= 0.6 is 35.6 Å². The topological polar surface area (TPSA) is 45.4 Å². The molecule has 1 aromatic carbocycles. The molecule has 1 aromatic heterocycles. The number of furan rings is 1. The lowest BCUT2D eigenvalue weighted by molar-refractivity contribution is 0.190. The number of benzene rings is 1. The van der Waals surface area contributed by atoms with Crippen molar-refractivity contribution < 1.29 is 9.52 Å². The molecule has 1 heterocycles. The predicted molar refractivity (Wildman–Crippen MR) is 84.8 cm³/mol. The molecule has 0 amide bonds. The van der Waals surface area contributed by atoms with Gasteiger partial charge in [0.05, 0.1) is 17.7 Å². The standard InChI is InChI=1S/C14H15Cl2NO2.ClH/c1-9(18)7-17-8-11-3-5-14(19-11)12-4-2-10(15)6-13(12)16;/h2-6,9,17-18H,7-8H2,1H3;1H. The SMILES string of the molecule is CC(O)CNCc1ccc(-c2ccc(Cl)cc2Cl)o1.Cl. The summed E-state index contributed by atoms with van der Waals surface area (Å²) in [5.74, 6) is 1.50. The Morgan fingerprint density at radius 3 is 2.65 bits per heavy atom. The molecule has 0 aliphatic carbocycles. The summed E-state index contributed by atoms with van der Waals surface area (Å²) in [6.07, 6.45) is -0.375. The van der Waals surface area contributed by atoms with E-state index in [0.717, 1.165) is 11.3 Å². The van der Waals surface area contributed by atoms with Gasteiger partial charge in [-0.15, -0.1) is 12.4 Å². The maximum Gasteiger partial charge on any atom is 0.135 e. The number of hydrogen-bond donors (Lipinski definition) is 2. The molecule has 110 valence electrons. The molecular formula is C14H16Cl3NO2. The number of nitrogens with one attached hydrogen (secondary N) is 1. The van der Waals surface area contributed by atoms with Crippen molar-refractivity contribution in [2.45, 2.75) is 19.6 Å². The van der Waals surface area contributed by atoms with Crippen LogP contribution in [-0.4, -0.2) is 17.8 Å². The second-order valence-corrected chi connectivity index (χ2v) is 5.21. The van der Waals surface area contributed by atoms with Crippen molar-refractivity contribution in [1.29, 1.82) is 0 Å². The third-order valence-electron chi connectivity index (χ3n) is 2.60. The van der Waals surface area contributed by atoms with E-state index >= 15 is 0 Å². The van der Waals surface area contributed by atoms with Gasteiger partial charge in [-0.05, 0) is 37.3 Å². The van der Waals surface area contributed by atoms with Crippen LogP contribution in [0.1, 0.15) is 12.7 Å². The summed E-state index contributed by atoms with van der Waals surface area (Å²) >= 11 is 12.0. The number of halogens is 3. The van der Waals surface area contributed by atoms with Crippen LogP contribution in [0.5, 0.6) is 0 Å². The molecule has 0 spiro atoms. The van der Waals surface area contributed by atoms with Gasteiger partial charge < -0.3 is 14.8 Å². The molecule has 3 nitrogen and oxygen atoms in total.